The van der Waals surface area contributed by atoms with Gasteiger partial charge in [-0.25, -0.2) is 0 Å². The number of nitrogens with zero attached hydrogens (tertiary/aromatic N) is 2. The Hall–Kier alpha value is -2.00. The van der Waals surface area contributed by atoms with Crippen LogP contribution in [0.1, 0.15) is 26.3 Å². The number of hydrogen-bond donors (Lipinski definition) is 2. The van der Waals surface area contributed by atoms with Crippen molar-refractivity contribution in [3.05, 3.63) is 28.8 Å². The smallest absolute Gasteiger partial charge is 0.372 e. The van der Waals surface area contributed by atoms with Crippen LogP contribution >= 0.6 is 11.6 Å². The van der Waals surface area contributed by atoms with Crippen molar-refractivity contribution in [3.63, 3.8) is 0 Å². The third-order valence-electron chi connectivity index (χ3n) is 5.13. The van der Waals surface area contributed by atoms with Crippen LogP contribution in [0, 0.1) is 5.92 Å². The molecule has 2 atom stereocenters. The fraction of sp³-hybridized carbons (Fsp3) is 0.579. The molecule has 162 valence electrons. The number of nitrogens with two attached hydrogens (primary N) is 1. The van der Waals surface area contributed by atoms with E-state index < -0.39 is 29.7 Å². The second kappa shape index (κ2) is 9.21. The first-order valence-corrected chi connectivity index (χ1v) is 9.75. The Morgan fingerprint density at radius 3 is 2.17 bits per heavy atom. The molecule has 0 saturated carbocycles. The van der Waals surface area contributed by atoms with Gasteiger partial charge in [0.1, 0.15) is 6.04 Å². The summed E-state index contributed by atoms with van der Waals surface area (Å²) >= 11 is 6.02. The number of piperazine rings is 1. The van der Waals surface area contributed by atoms with Crippen LogP contribution in [0.5, 0.6) is 0 Å². The molecule has 1 aromatic rings. The molecule has 10 heteroatoms. The van der Waals surface area contributed by atoms with E-state index in [1.54, 1.807) is 11.8 Å². The number of hydrogen-bond acceptors (Lipinski definition) is 4. The fourth-order valence-electron chi connectivity index (χ4n) is 3.20. The minimum atomic E-state index is -4.49. The normalized spacial score (nSPS) is 17.9. The van der Waals surface area contributed by atoms with Gasteiger partial charge >= 0.3 is 6.18 Å². The molecule has 0 bridgehead atoms. The maximum absolute atomic E-state index is 13.0. The van der Waals surface area contributed by atoms with E-state index in [2.05, 4.69) is 5.32 Å². The van der Waals surface area contributed by atoms with E-state index in [1.807, 2.05) is 18.7 Å². The molecule has 0 aliphatic carbocycles. The number of primary amides is 1. The minimum Gasteiger partial charge on any atom is -0.372 e. The van der Waals surface area contributed by atoms with E-state index in [9.17, 15) is 22.8 Å². The number of carbonyl (C=O) groups is 2. The topological polar surface area (TPSA) is 78.7 Å². The van der Waals surface area contributed by atoms with Crippen LogP contribution in [0.2, 0.25) is 5.02 Å². The van der Waals surface area contributed by atoms with Crippen molar-refractivity contribution in [2.45, 2.75) is 39.0 Å². The monoisotopic (exact) mass is 434 g/mol. The highest BCUT2D eigenvalue weighted by molar-refractivity contribution is 6.33. The molecular weight excluding hydrogens is 409 g/mol. The zero-order chi connectivity index (χ0) is 21.9. The summed E-state index contributed by atoms with van der Waals surface area (Å²) in [6.45, 7) is 7.32. The lowest BCUT2D eigenvalue weighted by molar-refractivity contribution is -0.138. The summed E-state index contributed by atoms with van der Waals surface area (Å²) in [6.07, 6.45) is -4.49. The van der Waals surface area contributed by atoms with Gasteiger partial charge in [-0.05, 0) is 31.0 Å². The molecule has 2 amide bonds. The SMILES string of the molecule is CC(C)[C@H](Nc1ccc(C(F)(F)F)cc1Cl)C(=O)N1CCN(C(C)C(N)=O)CC1. The number of benzene rings is 1. The summed E-state index contributed by atoms with van der Waals surface area (Å²) in [5, 5.41) is 2.90. The lowest BCUT2D eigenvalue weighted by Crippen LogP contribution is -2.57. The summed E-state index contributed by atoms with van der Waals surface area (Å²) < 4.78 is 38.5. The van der Waals surface area contributed by atoms with Gasteiger partial charge in [0.05, 0.1) is 22.3 Å². The highest BCUT2D eigenvalue weighted by Gasteiger charge is 2.33. The molecule has 1 heterocycles. The molecule has 6 nitrogen and oxygen atoms in total. The van der Waals surface area contributed by atoms with Gasteiger partial charge < -0.3 is 16.0 Å². The maximum atomic E-state index is 13.0. The molecule has 1 saturated heterocycles. The van der Waals surface area contributed by atoms with Crippen molar-refractivity contribution in [2.75, 3.05) is 31.5 Å². The molecule has 1 fully saturated rings. The second-order valence-corrected chi connectivity index (χ2v) is 7.91. The van der Waals surface area contributed by atoms with Crippen molar-refractivity contribution in [1.29, 1.82) is 0 Å². The van der Waals surface area contributed by atoms with Gasteiger partial charge in [-0.3, -0.25) is 14.5 Å². The standard InChI is InChI=1S/C19H26ClF3N4O2/c1-11(2)16(25-15-5-4-13(10-14(15)20)19(21,22)23)18(29)27-8-6-26(7-9-27)12(3)17(24)28/h4-5,10-12,16,25H,6-9H2,1-3H3,(H2,24,28)/t12?,16-/m0/s1. The average Bonchev–Trinajstić information content (AvgIpc) is 2.64. The summed E-state index contributed by atoms with van der Waals surface area (Å²) in [4.78, 5) is 28.0. The van der Waals surface area contributed by atoms with E-state index in [0.29, 0.717) is 26.2 Å². The number of carbonyl (C=O) groups excluding carboxylic acids is 2. The predicted molar refractivity (Wildman–Crippen MR) is 106 cm³/mol. The minimum absolute atomic E-state index is 0.0987. The third-order valence-corrected chi connectivity index (χ3v) is 5.44. The quantitative estimate of drug-likeness (QED) is 0.721. The van der Waals surface area contributed by atoms with E-state index in [4.69, 9.17) is 17.3 Å². The van der Waals surface area contributed by atoms with Crippen LogP contribution in [-0.2, 0) is 15.8 Å². The van der Waals surface area contributed by atoms with Crippen LogP contribution in [0.4, 0.5) is 18.9 Å². The van der Waals surface area contributed by atoms with Crippen molar-refractivity contribution < 1.29 is 22.8 Å². The lowest BCUT2D eigenvalue weighted by Gasteiger charge is -2.39. The summed E-state index contributed by atoms with van der Waals surface area (Å²) in [6, 6.07) is 1.96. The van der Waals surface area contributed by atoms with Crippen molar-refractivity contribution >= 4 is 29.1 Å². The van der Waals surface area contributed by atoms with Gasteiger partial charge in [0.25, 0.3) is 0 Å². The largest absolute Gasteiger partial charge is 0.416 e. The number of rotatable bonds is 6. The van der Waals surface area contributed by atoms with Gasteiger partial charge in [-0.1, -0.05) is 25.4 Å². The Morgan fingerprint density at radius 2 is 1.72 bits per heavy atom. The summed E-state index contributed by atoms with van der Waals surface area (Å²) in [7, 11) is 0. The highest BCUT2D eigenvalue weighted by atomic mass is 35.5. The van der Waals surface area contributed by atoms with Crippen molar-refractivity contribution in [2.24, 2.45) is 11.7 Å². The van der Waals surface area contributed by atoms with Crippen LogP contribution in [-0.4, -0.2) is 59.9 Å². The van der Waals surface area contributed by atoms with Gasteiger partial charge in [0, 0.05) is 26.2 Å². The van der Waals surface area contributed by atoms with Crippen molar-refractivity contribution in [3.8, 4) is 0 Å². The molecule has 0 aromatic heterocycles. The highest BCUT2D eigenvalue weighted by Crippen LogP contribution is 2.34. The molecule has 0 radical (unpaired) electrons. The third kappa shape index (κ3) is 5.76. The zero-order valence-corrected chi connectivity index (χ0v) is 17.3. The second-order valence-electron chi connectivity index (χ2n) is 7.50. The average molecular weight is 435 g/mol. The van der Waals surface area contributed by atoms with Crippen LogP contribution in [0.25, 0.3) is 0 Å². The van der Waals surface area contributed by atoms with E-state index in [0.717, 1.165) is 12.1 Å². The predicted octanol–water partition coefficient (Wildman–Crippen LogP) is 2.81. The summed E-state index contributed by atoms with van der Waals surface area (Å²) in [5.74, 6) is -0.700. The zero-order valence-electron chi connectivity index (χ0n) is 16.6. The molecule has 1 aliphatic heterocycles. The fourth-order valence-corrected chi connectivity index (χ4v) is 3.43. The van der Waals surface area contributed by atoms with Crippen LogP contribution in [0.15, 0.2) is 18.2 Å². The molecule has 2 rings (SSSR count). The number of nitrogens with one attached hydrogen (secondary N) is 1. The lowest BCUT2D eigenvalue weighted by atomic mass is 10.0. The van der Waals surface area contributed by atoms with Crippen molar-refractivity contribution in [1.82, 2.24) is 9.80 Å². The van der Waals surface area contributed by atoms with Gasteiger partial charge in [-0.15, -0.1) is 0 Å². The number of halogens is 4. The molecule has 1 unspecified atom stereocenters. The number of alkyl halides is 3. The maximum Gasteiger partial charge on any atom is 0.416 e. The number of amides is 2. The van der Waals surface area contributed by atoms with Gasteiger partial charge in [-0.2, -0.15) is 13.2 Å². The molecule has 1 aliphatic rings. The van der Waals surface area contributed by atoms with Crippen LogP contribution < -0.4 is 11.1 Å². The molecule has 3 N–H and O–H groups in total. The molecule has 29 heavy (non-hydrogen) atoms. The summed E-state index contributed by atoms with van der Waals surface area (Å²) in [5.41, 5.74) is 4.76. The van der Waals surface area contributed by atoms with Gasteiger partial charge in [0.15, 0.2) is 0 Å². The van der Waals surface area contributed by atoms with E-state index >= 15 is 0 Å². The molecular formula is C19H26ClF3N4O2. The molecule has 1 aromatic carbocycles. The Kier molecular flexibility index (Phi) is 7.40. The Bertz CT molecular complexity index is 749. The number of anilines is 1. The van der Waals surface area contributed by atoms with E-state index in [1.165, 1.54) is 6.07 Å². The Balaban J connectivity index is 2.09. The van der Waals surface area contributed by atoms with Crippen LogP contribution in [0.3, 0.4) is 0 Å². The first-order chi connectivity index (χ1) is 13.4. The Morgan fingerprint density at radius 1 is 1.14 bits per heavy atom. The molecule has 0 spiro atoms. The Labute approximate surface area is 173 Å². The first-order valence-electron chi connectivity index (χ1n) is 9.37. The van der Waals surface area contributed by atoms with Gasteiger partial charge in [0.2, 0.25) is 11.8 Å². The van der Waals surface area contributed by atoms with E-state index in [-0.39, 0.29) is 22.5 Å². The first kappa shape index (κ1) is 23.3.